The van der Waals surface area contributed by atoms with Crippen molar-refractivity contribution >= 4 is 27.4 Å². The van der Waals surface area contributed by atoms with Crippen LogP contribution in [0.25, 0.3) is 5.65 Å². The van der Waals surface area contributed by atoms with E-state index in [1.807, 2.05) is 6.07 Å². The highest BCUT2D eigenvalue weighted by Crippen LogP contribution is 2.19. The van der Waals surface area contributed by atoms with Crippen molar-refractivity contribution in [2.24, 2.45) is 0 Å². The normalized spacial score (nSPS) is 11.9. The zero-order valence-electron chi connectivity index (χ0n) is 10.3. The van der Waals surface area contributed by atoms with E-state index in [1.54, 1.807) is 10.5 Å². The maximum atomic E-state index is 12.0. The molecule has 0 spiro atoms. The van der Waals surface area contributed by atoms with E-state index in [1.165, 1.54) is 38.1 Å². The van der Waals surface area contributed by atoms with Crippen LogP contribution in [0.3, 0.4) is 0 Å². The molecule has 9 heteroatoms. The molecule has 0 N–H and O–H groups in total. The van der Waals surface area contributed by atoms with Crippen molar-refractivity contribution in [2.45, 2.75) is 10.1 Å². The van der Waals surface area contributed by atoms with Crippen LogP contribution in [-0.4, -0.2) is 47.2 Å². The van der Waals surface area contributed by atoms with Crippen LogP contribution in [0.15, 0.2) is 28.4 Å². The number of hydrogen-bond acceptors (Lipinski definition) is 6. The summed E-state index contributed by atoms with van der Waals surface area (Å²) in [4.78, 5) is 0.156. The molecule has 0 amide bonds. The Labute approximate surface area is 114 Å². The van der Waals surface area contributed by atoms with Crippen LogP contribution in [0.1, 0.15) is 0 Å². The molecule has 2 aromatic rings. The average Bonchev–Trinajstić information content (AvgIpc) is 2.78. The van der Waals surface area contributed by atoms with Gasteiger partial charge >= 0.3 is 0 Å². The molecule has 0 fully saturated rings. The van der Waals surface area contributed by atoms with Crippen LogP contribution in [-0.2, 0) is 10.0 Å². The van der Waals surface area contributed by atoms with Gasteiger partial charge in [0, 0.05) is 20.3 Å². The van der Waals surface area contributed by atoms with Crippen LogP contribution in [0, 0.1) is 11.3 Å². The van der Waals surface area contributed by atoms with Crippen LogP contribution < -0.4 is 0 Å². The maximum Gasteiger partial charge on any atom is 0.244 e. The number of aromatic nitrogens is 3. The topological polar surface area (TPSA) is 91.4 Å². The number of thioether (sulfide) groups is 1. The molecule has 0 atom stereocenters. The average molecular weight is 297 g/mol. The number of sulfonamides is 1. The molecule has 0 saturated carbocycles. The Hall–Kier alpha value is -1.63. The maximum absolute atomic E-state index is 12.0. The van der Waals surface area contributed by atoms with E-state index in [0.29, 0.717) is 10.8 Å². The van der Waals surface area contributed by atoms with Crippen molar-refractivity contribution in [3.8, 4) is 6.07 Å². The van der Waals surface area contributed by atoms with Gasteiger partial charge in [0.15, 0.2) is 10.8 Å². The van der Waals surface area contributed by atoms with Crippen molar-refractivity contribution in [3.05, 3.63) is 18.3 Å². The number of fused-ring (bicyclic) bond motifs is 1. The third-order valence-corrected chi connectivity index (χ3v) is 5.00. The molecular formula is C10H11N5O2S2. The summed E-state index contributed by atoms with van der Waals surface area (Å²) in [6.45, 7) is 0. The molecule has 0 bridgehead atoms. The van der Waals surface area contributed by atoms with Gasteiger partial charge in [0.2, 0.25) is 10.0 Å². The quantitative estimate of drug-likeness (QED) is 0.767. The lowest BCUT2D eigenvalue weighted by atomic mass is 10.5. The Bertz CT molecular complexity index is 745. The van der Waals surface area contributed by atoms with E-state index < -0.39 is 10.0 Å². The Morgan fingerprint density at radius 1 is 1.42 bits per heavy atom. The minimum atomic E-state index is -3.50. The Balaban J connectivity index is 2.53. The minimum Gasteiger partial charge on any atom is -0.276 e. The number of hydrogen-bond donors (Lipinski definition) is 0. The first-order valence-corrected chi connectivity index (χ1v) is 7.66. The first-order valence-electron chi connectivity index (χ1n) is 5.24. The van der Waals surface area contributed by atoms with E-state index in [2.05, 4.69) is 10.2 Å². The first-order chi connectivity index (χ1) is 8.96. The largest absolute Gasteiger partial charge is 0.276 e. The fourth-order valence-corrected chi connectivity index (χ4v) is 2.89. The number of rotatable bonds is 4. The van der Waals surface area contributed by atoms with Crippen molar-refractivity contribution in [1.82, 2.24) is 18.9 Å². The molecule has 2 rings (SSSR count). The highest BCUT2D eigenvalue weighted by atomic mass is 32.2. The predicted molar refractivity (Wildman–Crippen MR) is 70.2 cm³/mol. The van der Waals surface area contributed by atoms with Gasteiger partial charge < -0.3 is 0 Å². The van der Waals surface area contributed by atoms with E-state index in [-0.39, 0.29) is 10.6 Å². The summed E-state index contributed by atoms with van der Waals surface area (Å²) < 4.78 is 26.8. The summed E-state index contributed by atoms with van der Waals surface area (Å²) in [6.07, 6.45) is 1.46. The fraction of sp³-hybridized carbons (Fsp3) is 0.300. The molecule has 100 valence electrons. The lowest BCUT2D eigenvalue weighted by Gasteiger charge is -2.11. The van der Waals surface area contributed by atoms with E-state index in [9.17, 15) is 8.42 Å². The van der Waals surface area contributed by atoms with Crippen molar-refractivity contribution in [1.29, 1.82) is 5.26 Å². The summed E-state index contributed by atoms with van der Waals surface area (Å²) in [7, 11) is -0.562. The summed E-state index contributed by atoms with van der Waals surface area (Å²) in [5, 5.41) is 16.9. The van der Waals surface area contributed by atoms with Gasteiger partial charge in [-0.1, -0.05) is 11.8 Å². The third-order valence-electron chi connectivity index (χ3n) is 2.39. The second kappa shape index (κ2) is 5.16. The molecule has 0 saturated heterocycles. The van der Waals surface area contributed by atoms with E-state index in [4.69, 9.17) is 5.26 Å². The Morgan fingerprint density at radius 3 is 2.79 bits per heavy atom. The van der Waals surface area contributed by atoms with Crippen LogP contribution in [0.4, 0.5) is 0 Å². The monoisotopic (exact) mass is 297 g/mol. The summed E-state index contributed by atoms with van der Waals surface area (Å²) in [6, 6.07) is 5.06. The molecule has 0 radical (unpaired) electrons. The molecule has 0 aliphatic heterocycles. The van der Waals surface area contributed by atoms with Gasteiger partial charge in [0.1, 0.15) is 0 Å². The molecule has 2 heterocycles. The molecule has 7 nitrogen and oxygen atoms in total. The third kappa shape index (κ3) is 2.56. The lowest BCUT2D eigenvalue weighted by Crippen LogP contribution is -2.22. The van der Waals surface area contributed by atoms with E-state index in [0.717, 1.165) is 4.31 Å². The lowest BCUT2D eigenvalue weighted by molar-refractivity contribution is 0.520. The Morgan fingerprint density at radius 2 is 2.16 bits per heavy atom. The number of nitriles is 1. The Kier molecular flexibility index (Phi) is 3.75. The second-order valence-corrected chi connectivity index (χ2v) is 6.90. The van der Waals surface area contributed by atoms with E-state index >= 15 is 0 Å². The SMILES string of the molecule is CN(C)S(=O)(=O)c1ccc2nnc(SCC#N)n2c1. The second-order valence-electron chi connectivity index (χ2n) is 3.81. The number of nitrogens with zero attached hydrogens (tertiary/aromatic N) is 5. The highest BCUT2D eigenvalue weighted by molar-refractivity contribution is 7.99. The molecule has 0 aliphatic carbocycles. The van der Waals surface area contributed by atoms with Gasteiger partial charge in [-0.05, 0) is 12.1 Å². The minimum absolute atomic E-state index is 0.156. The standard InChI is InChI=1S/C10H11N5O2S2/c1-14(2)19(16,17)8-3-4-9-12-13-10(15(9)7-8)18-6-5-11/h3-4,7H,6H2,1-2H3. The van der Waals surface area contributed by atoms with Gasteiger partial charge in [-0.3, -0.25) is 4.40 Å². The van der Waals surface area contributed by atoms with Crippen molar-refractivity contribution in [2.75, 3.05) is 19.8 Å². The summed E-state index contributed by atoms with van der Waals surface area (Å²) in [5.74, 6) is 0.228. The molecule has 0 aliphatic rings. The fourth-order valence-electron chi connectivity index (χ4n) is 1.41. The van der Waals surface area contributed by atoms with Gasteiger partial charge in [0.05, 0.1) is 16.7 Å². The highest BCUT2D eigenvalue weighted by Gasteiger charge is 2.18. The summed E-state index contributed by atoms with van der Waals surface area (Å²) in [5.41, 5.74) is 0.540. The zero-order valence-corrected chi connectivity index (χ0v) is 11.9. The molecule has 0 aromatic carbocycles. The van der Waals surface area contributed by atoms with Crippen LogP contribution >= 0.6 is 11.8 Å². The predicted octanol–water partition coefficient (Wildman–Crippen LogP) is 0.595. The smallest absolute Gasteiger partial charge is 0.244 e. The van der Waals surface area contributed by atoms with Gasteiger partial charge in [0.25, 0.3) is 0 Å². The van der Waals surface area contributed by atoms with Gasteiger partial charge in [-0.25, -0.2) is 12.7 Å². The van der Waals surface area contributed by atoms with Crippen molar-refractivity contribution < 1.29 is 8.42 Å². The molecule has 2 aromatic heterocycles. The van der Waals surface area contributed by atoms with Crippen LogP contribution in [0.2, 0.25) is 0 Å². The molecule has 0 unspecified atom stereocenters. The molecular weight excluding hydrogens is 286 g/mol. The van der Waals surface area contributed by atoms with Gasteiger partial charge in [-0.2, -0.15) is 5.26 Å². The van der Waals surface area contributed by atoms with Crippen molar-refractivity contribution in [3.63, 3.8) is 0 Å². The zero-order chi connectivity index (χ0) is 14.0. The number of pyridine rings is 1. The van der Waals surface area contributed by atoms with Crippen LogP contribution in [0.5, 0.6) is 0 Å². The summed E-state index contributed by atoms with van der Waals surface area (Å²) >= 11 is 1.20. The molecule has 19 heavy (non-hydrogen) atoms. The first kappa shape index (κ1) is 13.8. The van der Waals surface area contributed by atoms with Gasteiger partial charge in [-0.15, -0.1) is 10.2 Å².